The van der Waals surface area contributed by atoms with Crippen molar-refractivity contribution in [3.8, 4) is 5.75 Å². The third-order valence-corrected chi connectivity index (χ3v) is 5.49. The molecule has 0 saturated carbocycles. The fraction of sp³-hybridized carbons (Fsp3) is 0.647. The molecule has 2 fully saturated rings. The second kappa shape index (κ2) is 4.87. The second-order valence-corrected chi connectivity index (χ2v) is 7.46. The van der Waals surface area contributed by atoms with E-state index < -0.39 is 0 Å². The van der Waals surface area contributed by atoms with Gasteiger partial charge in [-0.3, -0.25) is 0 Å². The molecule has 0 amide bonds. The normalized spacial score (nSPS) is 36.9. The Morgan fingerprint density at radius 1 is 1.33 bits per heavy atom. The van der Waals surface area contributed by atoms with Crippen molar-refractivity contribution >= 4 is 11.6 Å². The van der Waals surface area contributed by atoms with E-state index in [1.165, 1.54) is 6.42 Å². The summed E-state index contributed by atoms with van der Waals surface area (Å²) in [4.78, 5) is 0. The summed E-state index contributed by atoms with van der Waals surface area (Å²) in [5, 5.41) is 4.37. The van der Waals surface area contributed by atoms with Crippen molar-refractivity contribution in [2.45, 2.75) is 57.0 Å². The van der Waals surface area contributed by atoms with Gasteiger partial charge in [-0.15, -0.1) is 0 Å². The maximum atomic E-state index is 6.51. The molecular formula is C17H22ClNO2. The van der Waals surface area contributed by atoms with E-state index in [-0.39, 0.29) is 11.7 Å². The summed E-state index contributed by atoms with van der Waals surface area (Å²) in [7, 11) is 0. The fourth-order valence-electron chi connectivity index (χ4n) is 4.13. The molecule has 3 aliphatic heterocycles. The van der Waals surface area contributed by atoms with Crippen LogP contribution in [0.3, 0.4) is 0 Å². The molecule has 1 aromatic rings. The van der Waals surface area contributed by atoms with Gasteiger partial charge in [0.2, 0.25) is 0 Å². The van der Waals surface area contributed by atoms with Crippen LogP contribution >= 0.6 is 11.6 Å². The Labute approximate surface area is 131 Å². The van der Waals surface area contributed by atoms with Crippen molar-refractivity contribution < 1.29 is 9.47 Å². The minimum atomic E-state index is -0.213. The topological polar surface area (TPSA) is 30.5 Å². The first-order valence-electron chi connectivity index (χ1n) is 7.92. The number of nitrogens with one attached hydrogen (secondary N) is 1. The number of benzene rings is 1. The van der Waals surface area contributed by atoms with Gasteiger partial charge in [-0.25, -0.2) is 0 Å². The van der Waals surface area contributed by atoms with Gasteiger partial charge in [0.05, 0.1) is 12.2 Å². The summed E-state index contributed by atoms with van der Waals surface area (Å²) in [6, 6.07) is 6.35. The first-order valence-corrected chi connectivity index (χ1v) is 8.30. The Bertz CT molecular complexity index is 560. The zero-order chi connectivity index (χ0) is 14.6. The largest absolute Gasteiger partial charge is 0.487 e. The van der Waals surface area contributed by atoms with Crippen LogP contribution in [0, 0.1) is 5.92 Å². The maximum absolute atomic E-state index is 6.51. The van der Waals surface area contributed by atoms with Crippen molar-refractivity contribution in [1.82, 2.24) is 5.32 Å². The molecule has 3 aliphatic rings. The van der Waals surface area contributed by atoms with Gasteiger partial charge in [-0.1, -0.05) is 11.6 Å². The smallest absolute Gasteiger partial charge is 0.126 e. The molecule has 4 heteroatoms. The summed E-state index contributed by atoms with van der Waals surface area (Å²) >= 11 is 6.19. The summed E-state index contributed by atoms with van der Waals surface area (Å²) in [6.45, 7) is 5.45. The molecular weight excluding hydrogens is 286 g/mol. The van der Waals surface area contributed by atoms with Crippen molar-refractivity contribution in [3.05, 3.63) is 28.8 Å². The van der Waals surface area contributed by atoms with Crippen LogP contribution in [0.5, 0.6) is 5.75 Å². The van der Waals surface area contributed by atoms with E-state index in [0.29, 0.717) is 18.1 Å². The van der Waals surface area contributed by atoms with Crippen LogP contribution in [-0.4, -0.2) is 24.3 Å². The average Bonchev–Trinajstić information content (AvgIpc) is 2.47. The third kappa shape index (κ3) is 2.26. The van der Waals surface area contributed by atoms with Crippen molar-refractivity contribution in [3.63, 3.8) is 0 Å². The molecule has 3 heterocycles. The van der Waals surface area contributed by atoms with E-state index in [9.17, 15) is 0 Å². The molecule has 0 bridgehead atoms. The van der Waals surface area contributed by atoms with Gasteiger partial charge in [0.1, 0.15) is 11.4 Å². The van der Waals surface area contributed by atoms with Crippen LogP contribution in [0.25, 0.3) is 0 Å². The summed E-state index contributed by atoms with van der Waals surface area (Å²) in [5.41, 5.74) is 0.908. The highest BCUT2D eigenvalue weighted by Gasteiger charge is 2.50. The van der Waals surface area contributed by atoms with Crippen LogP contribution < -0.4 is 10.1 Å². The number of hydrogen-bond acceptors (Lipinski definition) is 3. The van der Waals surface area contributed by atoms with Crippen LogP contribution in [0.1, 0.15) is 44.8 Å². The van der Waals surface area contributed by atoms with Crippen molar-refractivity contribution in [2.24, 2.45) is 5.92 Å². The summed E-state index contributed by atoms with van der Waals surface area (Å²) in [6.07, 6.45) is 3.87. The number of halogens is 1. The maximum Gasteiger partial charge on any atom is 0.126 e. The molecule has 4 rings (SSSR count). The van der Waals surface area contributed by atoms with Gasteiger partial charge in [0.25, 0.3) is 0 Å². The van der Waals surface area contributed by atoms with Crippen LogP contribution in [0.15, 0.2) is 18.2 Å². The lowest BCUT2D eigenvalue weighted by molar-refractivity contribution is -0.167. The van der Waals surface area contributed by atoms with E-state index in [1.54, 1.807) is 0 Å². The Kier molecular flexibility index (Phi) is 3.21. The molecule has 0 aliphatic carbocycles. The monoisotopic (exact) mass is 307 g/mol. The van der Waals surface area contributed by atoms with Crippen LogP contribution in [-0.2, 0) is 4.74 Å². The summed E-state index contributed by atoms with van der Waals surface area (Å²) in [5.74, 6) is 1.28. The predicted molar refractivity (Wildman–Crippen MR) is 82.9 cm³/mol. The lowest BCUT2D eigenvalue weighted by Gasteiger charge is -2.52. The predicted octanol–water partition coefficient (Wildman–Crippen LogP) is 3.71. The Morgan fingerprint density at radius 2 is 2.19 bits per heavy atom. The second-order valence-electron chi connectivity index (χ2n) is 7.03. The number of rotatable bonds is 0. The lowest BCUT2D eigenvalue weighted by Crippen LogP contribution is -2.57. The molecule has 21 heavy (non-hydrogen) atoms. The zero-order valence-electron chi connectivity index (χ0n) is 12.6. The molecule has 0 aromatic heterocycles. The molecule has 0 spiro atoms. The van der Waals surface area contributed by atoms with Gasteiger partial charge in [0.15, 0.2) is 0 Å². The molecule has 3 nitrogen and oxygen atoms in total. The van der Waals surface area contributed by atoms with Crippen molar-refractivity contribution in [1.29, 1.82) is 0 Å². The molecule has 1 aromatic carbocycles. The molecule has 1 N–H and O–H groups in total. The van der Waals surface area contributed by atoms with Crippen LogP contribution in [0.2, 0.25) is 5.02 Å². The minimum absolute atomic E-state index is 0.101. The molecule has 0 radical (unpaired) electrons. The Balaban J connectivity index is 1.74. The number of piperidine rings is 1. The van der Waals surface area contributed by atoms with E-state index in [4.69, 9.17) is 21.1 Å². The van der Waals surface area contributed by atoms with Gasteiger partial charge < -0.3 is 14.8 Å². The summed E-state index contributed by atoms with van der Waals surface area (Å²) < 4.78 is 12.8. The highest BCUT2D eigenvalue weighted by molar-refractivity contribution is 6.30. The first kappa shape index (κ1) is 13.9. The molecule has 4 atom stereocenters. The number of fused-ring (bicyclic) bond motifs is 4. The third-order valence-electron chi connectivity index (χ3n) is 5.26. The van der Waals surface area contributed by atoms with E-state index in [2.05, 4.69) is 19.2 Å². The zero-order valence-corrected chi connectivity index (χ0v) is 13.3. The first-order chi connectivity index (χ1) is 10.0. The SMILES string of the molecule is CC1(C)Oc2ccc(Cl)cc2[C@@H]2O[C@@H]3CCCN[C@@H]3C[C@H]21. The molecule has 114 valence electrons. The average molecular weight is 308 g/mol. The minimum Gasteiger partial charge on any atom is -0.487 e. The quantitative estimate of drug-likeness (QED) is 0.792. The van der Waals surface area contributed by atoms with Gasteiger partial charge in [-0.05, 0) is 57.9 Å². The van der Waals surface area contributed by atoms with Gasteiger partial charge in [-0.2, -0.15) is 0 Å². The van der Waals surface area contributed by atoms with Gasteiger partial charge >= 0.3 is 0 Å². The number of hydrogen-bond donors (Lipinski definition) is 1. The van der Waals surface area contributed by atoms with E-state index in [1.807, 2.05) is 18.2 Å². The van der Waals surface area contributed by atoms with Gasteiger partial charge in [0, 0.05) is 22.5 Å². The van der Waals surface area contributed by atoms with E-state index in [0.717, 1.165) is 35.7 Å². The number of ether oxygens (including phenoxy) is 2. The Morgan fingerprint density at radius 3 is 3.05 bits per heavy atom. The standard InChI is InChI=1S/C17H22ClNO2/c1-17(2)12-9-13-15(4-3-7-19-13)20-16(12)11-8-10(18)5-6-14(11)21-17/h5-6,8,12-13,15-16,19H,3-4,7,9H2,1-2H3/t12-,13-,15-,16+/m1/s1. The molecule has 0 unspecified atom stereocenters. The van der Waals surface area contributed by atoms with Crippen molar-refractivity contribution in [2.75, 3.05) is 6.54 Å². The fourth-order valence-corrected chi connectivity index (χ4v) is 4.31. The van der Waals surface area contributed by atoms with E-state index >= 15 is 0 Å². The van der Waals surface area contributed by atoms with Crippen LogP contribution in [0.4, 0.5) is 0 Å². The highest BCUT2D eigenvalue weighted by Crippen LogP contribution is 2.51. The Hall–Kier alpha value is -0.770. The lowest BCUT2D eigenvalue weighted by atomic mass is 9.73. The highest BCUT2D eigenvalue weighted by atomic mass is 35.5. The molecule has 2 saturated heterocycles.